The molecule has 0 aromatic rings. The molecule has 4 nitrogen and oxygen atoms in total. The van der Waals surface area contributed by atoms with E-state index < -0.39 is 24.8 Å². The average Bonchev–Trinajstić information content (AvgIpc) is 2.46. The van der Waals surface area contributed by atoms with Gasteiger partial charge in [0.25, 0.3) is 6.43 Å². The van der Waals surface area contributed by atoms with Crippen molar-refractivity contribution in [2.45, 2.75) is 24.8 Å². The van der Waals surface area contributed by atoms with Crippen LogP contribution < -0.4 is 10.6 Å². The molecule has 0 aliphatic carbocycles. The van der Waals surface area contributed by atoms with E-state index >= 15 is 0 Å². The zero-order valence-electron chi connectivity index (χ0n) is 5.96. The lowest BCUT2D eigenvalue weighted by Crippen LogP contribution is -2.39. The van der Waals surface area contributed by atoms with Crippen LogP contribution in [0.4, 0.5) is 8.78 Å². The summed E-state index contributed by atoms with van der Waals surface area (Å²) in [5.74, 6) is 0. The molecule has 1 fully saturated rings. The first-order chi connectivity index (χ1) is 5.69. The van der Waals surface area contributed by atoms with E-state index in [1.165, 1.54) is 0 Å². The lowest BCUT2D eigenvalue weighted by Gasteiger charge is -2.06. The van der Waals surface area contributed by atoms with Crippen LogP contribution in [0, 0.1) is 17.9 Å². The van der Waals surface area contributed by atoms with Crippen LogP contribution >= 0.6 is 0 Å². The maximum atomic E-state index is 12.0. The molecule has 0 amide bonds. The van der Waals surface area contributed by atoms with E-state index in [0.717, 1.165) is 0 Å². The normalized spacial score (nSPS) is 34.6. The molecular weight excluding hydrogens is 166 g/mol. The number of hydrogen-bond donors (Lipinski definition) is 2. The van der Waals surface area contributed by atoms with Gasteiger partial charge < -0.3 is 0 Å². The van der Waals surface area contributed by atoms with Crippen molar-refractivity contribution >= 4 is 0 Å². The van der Waals surface area contributed by atoms with Crippen molar-refractivity contribution in [3.05, 3.63) is 11.4 Å². The van der Waals surface area contributed by atoms with Gasteiger partial charge in [-0.1, -0.05) is 0 Å². The lowest BCUT2D eigenvalue weighted by molar-refractivity contribution is 0.0961. The SMILES string of the molecule is [C-]#[N+]C1NC(C(F)F)NC1C#N. The second-order valence-electron chi connectivity index (χ2n) is 2.33. The summed E-state index contributed by atoms with van der Waals surface area (Å²) in [7, 11) is 0. The van der Waals surface area contributed by atoms with E-state index in [9.17, 15) is 8.78 Å². The molecule has 0 aromatic carbocycles. The second kappa shape index (κ2) is 3.44. The fourth-order valence-corrected chi connectivity index (χ4v) is 0.978. The maximum Gasteiger partial charge on any atom is 0.307 e. The topological polar surface area (TPSA) is 52.2 Å². The quantitative estimate of drug-likeness (QED) is 0.543. The average molecular weight is 172 g/mol. The first kappa shape index (κ1) is 8.85. The number of halogens is 2. The minimum Gasteiger partial charge on any atom is -0.293 e. The summed E-state index contributed by atoms with van der Waals surface area (Å²) >= 11 is 0. The van der Waals surface area contributed by atoms with Crippen molar-refractivity contribution in [3.8, 4) is 6.07 Å². The molecule has 3 unspecified atom stereocenters. The molecule has 0 radical (unpaired) electrons. The van der Waals surface area contributed by atoms with E-state index in [-0.39, 0.29) is 0 Å². The summed E-state index contributed by atoms with van der Waals surface area (Å²) < 4.78 is 24.0. The van der Waals surface area contributed by atoms with Gasteiger partial charge in [0.2, 0.25) is 0 Å². The Morgan fingerprint density at radius 1 is 1.50 bits per heavy atom. The largest absolute Gasteiger partial charge is 0.307 e. The van der Waals surface area contributed by atoms with Crippen molar-refractivity contribution in [1.82, 2.24) is 10.6 Å². The van der Waals surface area contributed by atoms with Crippen LogP contribution in [0.25, 0.3) is 4.85 Å². The Hall–Kier alpha value is -1.24. The highest BCUT2D eigenvalue weighted by Gasteiger charge is 2.41. The molecule has 2 N–H and O–H groups in total. The summed E-state index contributed by atoms with van der Waals surface area (Å²) in [6, 6.07) is 0.883. The number of nitrogens with zero attached hydrogens (tertiary/aromatic N) is 2. The monoisotopic (exact) mass is 172 g/mol. The minimum atomic E-state index is -2.60. The molecule has 1 aliphatic heterocycles. The Balaban J connectivity index is 2.62. The summed E-state index contributed by atoms with van der Waals surface area (Å²) in [5, 5.41) is 13.0. The van der Waals surface area contributed by atoms with E-state index in [0.29, 0.717) is 0 Å². The van der Waals surface area contributed by atoms with Crippen LogP contribution in [0.15, 0.2) is 0 Å². The fraction of sp³-hybridized carbons (Fsp3) is 0.667. The van der Waals surface area contributed by atoms with Crippen LogP contribution in [0.2, 0.25) is 0 Å². The van der Waals surface area contributed by atoms with Gasteiger partial charge in [0, 0.05) is 0 Å². The van der Waals surface area contributed by atoms with Crippen molar-refractivity contribution < 1.29 is 8.78 Å². The predicted molar refractivity (Wildman–Crippen MR) is 35.9 cm³/mol. The molecular formula is C6H6F2N4. The molecule has 1 saturated heterocycles. The van der Waals surface area contributed by atoms with Crippen molar-refractivity contribution in [3.63, 3.8) is 0 Å². The summed E-state index contributed by atoms with van der Waals surface area (Å²) in [6.45, 7) is 6.59. The van der Waals surface area contributed by atoms with Gasteiger partial charge in [-0.15, -0.1) is 0 Å². The molecule has 1 rings (SSSR count). The maximum absolute atomic E-state index is 12.0. The Kier molecular flexibility index (Phi) is 2.54. The molecule has 0 aromatic heterocycles. The van der Waals surface area contributed by atoms with E-state index in [4.69, 9.17) is 11.8 Å². The van der Waals surface area contributed by atoms with Crippen LogP contribution in [-0.4, -0.2) is 24.8 Å². The first-order valence-corrected chi connectivity index (χ1v) is 3.25. The van der Waals surface area contributed by atoms with Gasteiger partial charge in [-0.05, 0) is 0 Å². The lowest BCUT2D eigenvalue weighted by atomic mass is 10.3. The van der Waals surface area contributed by atoms with Crippen LogP contribution in [0.3, 0.4) is 0 Å². The standard InChI is InChI=1S/C6H6F2N4/c1-10-5-3(2-9)11-6(12-5)4(7)8/h3-6,11-12H. The number of alkyl halides is 2. The Morgan fingerprint density at radius 2 is 2.17 bits per heavy atom. The molecule has 12 heavy (non-hydrogen) atoms. The van der Waals surface area contributed by atoms with Gasteiger partial charge in [-0.3, -0.25) is 10.2 Å². The molecule has 0 bridgehead atoms. The Morgan fingerprint density at radius 3 is 2.50 bits per heavy atom. The molecule has 0 spiro atoms. The van der Waals surface area contributed by atoms with Gasteiger partial charge in [0.1, 0.15) is 6.17 Å². The fourth-order valence-electron chi connectivity index (χ4n) is 0.978. The number of nitrogens with one attached hydrogen (secondary N) is 2. The summed E-state index contributed by atoms with van der Waals surface area (Å²) in [5.41, 5.74) is 0. The minimum absolute atomic E-state index is 0.846. The van der Waals surface area contributed by atoms with E-state index in [1.807, 2.05) is 0 Å². The Labute approximate surface area is 68.0 Å². The van der Waals surface area contributed by atoms with Crippen LogP contribution in [0.5, 0.6) is 0 Å². The third-order valence-corrected chi connectivity index (χ3v) is 1.56. The van der Waals surface area contributed by atoms with Gasteiger partial charge in [0.15, 0.2) is 6.04 Å². The highest BCUT2D eigenvalue weighted by atomic mass is 19.3. The van der Waals surface area contributed by atoms with Gasteiger partial charge >= 0.3 is 6.17 Å². The van der Waals surface area contributed by atoms with Crippen molar-refractivity contribution in [1.29, 1.82) is 5.26 Å². The first-order valence-electron chi connectivity index (χ1n) is 3.25. The molecule has 3 atom stereocenters. The van der Waals surface area contributed by atoms with Crippen molar-refractivity contribution in [2.75, 3.05) is 0 Å². The second-order valence-corrected chi connectivity index (χ2v) is 2.33. The molecule has 1 aliphatic rings. The van der Waals surface area contributed by atoms with Crippen LogP contribution in [-0.2, 0) is 0 Å². The molecule has 0 saturated carbocycles. The number of hydrogen-bond acceptors (Lipinski definition) is 3. The van der Waals surface area contributed by atoms with Crippen LogP contribution in [0.1, 0.15) is 0 Å². The predicted octanol–water partition coefficient (Wildman–Crippen LogP) is -0.0920. The highest BCUT2D eigenvalue weighted by Crippen LogP contribution is 2.10. The molecule has 6 heteroatoms. The summed E-state index contributed by atoms with van der Waals surface area (Å²) in [6.07, 6.45) is -4.71. The van der Waals surface area contributed by atoms with E-state index in [2.05, 4.69) is 15.5 Å². The number of nitriles is 1. The summed E-state index contributed by atoms with van der Waals surface area (Å²) in [4.78, 5) is 2.99. The molecule has 64 valence electrons. The van der Waals surface area contributed by atoms with Gasteiger partial charge in [0.05, 0.1) is 6.07 Å². The third-order valence-electron chi connectivity index (χ3n) is 1.56. The zero-order valence-corrected chi connectivity index (χ0v) is 5.96. The molecule has 1 heterocycles. The van der Waals surface area contributed by atoms with Gasteiger partial charge in [-0.2, -0.15) is 5.26 Å². The Bertz CT molecular complexity index is 219. The smallest absolute Gasteiger partial charge is 0.293 e. The van der Waals surface area contributed by atoms with E-state index in [1.54, 1.807) is 6.07 Å². The van der Waals surface area contributed by atoms with Gasteiger partial charge in [-0.25, -0.2) is 20.7 Å². The number of rotatable bonds is 1. The highest BCUT2D eigenvalue weighted by molar-refractivity contribution is 5.08. The zero-order chi connectivity index (χ0) is 9.14. The van der Waals surface area contributed by atoms with Crippen molar-refractivity contribution in [2.24, 2.45) is 0 Å². The third kappa shape index (κ3) is 1.50.